The van der Waals surface area contributed by atoms with Crippen molar-refractivity contribution in [1.29, 1.82) is 0 Å². The number of halogens is 2. The monoisotopic (exact) mass is 298 g/mol. The van der Waals surface area contributed by atoms with Crippen molar-refractivity contribution in [2.75, 3.05) is 0 Å². The lowest BCUT2D eigenvalue weighted by Gasteiger charge is -2.26. The average Bonchev–Trinajstić information content (AvgIpc) is 2.56. The maximum atomic E-state index is 12.7. The molecule has 1 aromatic carbocycles. The van der Waals surface area contributed by atoms with Crippen molar-refractivity contribution in [2.45, 2.75) is 51.9 Å². The minimum atomic E-state index is -2.96. The van der Waals surface area contributed by atoms with Crippen LogP contribution in [0.15, 0.2) is 24.3 Å². The van der Waals surface area contributed by atoms with E-state index in [0.29, 0.717) is 6.42 Å². The number of carbonyl (C=O) groups is 1. The molecule has 1 saturated heterocycles. The molecular formula is C16H20F2O3. The van der Waals surface area contributed by atoms with Gasteiger partial charge in [0.15, 0.2) is 5.78 Å². The van der Waals surface area contributed by atoms with Crippen LogP contribution in [0.2, 0.25) is 0 Å². The molecule has 0 saturated carbocycles. The fraction of sp³-hybridized carbons (Fsp3) is 0.562. The molecule has 1 heterocycles. The first-order valence-electron chi connectivity index (χ1n) is 6.91. The maximum Gasteiger partial charge on any atom is 0.387 e. The molecule has 1 aromatic rings. The summed E-state index contributed by atoms with van der Waals surface area (Å²) in [5.74, 6) is -0.699. The third kappa shape index (κ3) is 3.40. The maximum absolute atomic E-state index is 12.7. The van der Waals surface area contributed by atoms with Crippen LogP contribution in [-0.2, 0) is 4.74 Å². The van der Waals surface area contributed by atoms with Crippen LogP contribution < -0.4 is 4.74 Å². The molecule has 0 amide bonds. The van der Waals surface area contributed by atoms with Crippen molar-refractivity contribution in [3.8, 4) is 5.75 Å². The Kier molecular flexibility index (Phi) is 4.06. The molecule has 5 heteroatoms. The van der Waals surface area contributed by atoms with E-state index in [1.54, 1.807) is 12.1 Å². The Morgan fingerprint density at radius 2 is 1.90 bits per heavy atom. The number of ether oxygens (including phenoxy) is 2. The molecule has 1 unspecified atom stereocenters. The molecule has 1 atom stereocenters. The number of rotatable bonds is 4. The van der Waals surface area contributed by atoms with Gasteiger partial charge in [0.1, 0.15) is 5.75 Å². The van der Waals surface area contributed by atoms with Crippen molar-refractivity contribution in [3.05, 3.63) is 29.8 Å². The van der Waals surface area contributed by atoms with E-state index >= 15 is 0 Å². The number of para-hydroxylation sites is 1. The van der Waals surface area contributed by atoms with Gasteiger partial charge in [-0.2, -0.15) is 8.78 Å². The first-order valence-corrected chi connectivity index (χ1v) is 6.91. The second-order valence-corrected chi connectivity index (χ2v) is 6.46. The lowest BCUT2D eigenvalue weighted by Crippen LogP contribution is -2.34. The van der Waals surface area contributed by atoms with Crippen LogP contribution in [0.25, 0.3) is 0 Å². The van der Waals surface area contributed by atoms with Crippen molar-refractivity contribution >= 4 is 5.78 Å². The highest BCUT2D eigenvalue weighted by Crippen LogP contribution is 2.44. The normalized spacial score (nSPS) is 23.3. The van der Waals surface area contributed by atoms with E-state index in [0.717, 1.165) is 0 Å². The topological polar surface area (TPSA) is 35.5 Å². The average molecular weight is 298 g/mol. The van der Waals surface area contributed by atoms with Crippen molar-refractivity contribution < 1.29 is 23.0 Å². The molecule has 1 aliphatic heterocycles. The predicted molar refractivity (Wildman–Crippen MR) is 74.8 cm³/mol. The first-order chi connectivity index (χ1) is 9.62. The molecule has 0 spiro atoms. The minimum Gasteiger partial charge on any atom is -0.434 e. The van der Waals surface area contributed by atoms with Gasteiger partial charge in [-0.3, -0.25) is 4.79 Å². The SMILES string of the molecule is CC1(C)CC(C(=O)c2ccccc2OC(F)F)C(C)(C)O1. The van der Waals surface area contributed by atoms with Crippen LogP contribution in [-0.4, -0.2) is 23.6 Å². The number of carbonyl (C=O) groups excluding carboxylic acids is 1. The molecule has 116 valence electrons. The fourth-order valence-corrected chi connectivity index (χ4v) is 3.03. The molecule has 0 aliphatic carbocycles. The smallest absolute Gasteiger partial charge is 0.387 e. The van der Waals surface area contributed by atoms with Gasteiger partial charge in [0.2, 0.25) is 0 Å². The Hall–Kier alpha value is -1.49. The minimum absolute atomic E-state index is 0.0852. The van der Waals surface area contributed by atoms with E-state index < -0.39 is 23.7 Å². The third-order valence-corrected chi connectivity index (χ3v) is 3.76. The van der Waals surface area contributed by atoms with Gasteiger partial charge in [0.05, 0.1) is 22.7 Å². The fourth-order valence-electron chi connectivity index (χ4n) is 3.03. The highest BCUT2D eigenvalue weighted by atomic mass is 19.3. The zero-order chi connectivity index (χ0) is 15.8. The molecular weight excluding hydrogens is 278 g/mol. The molecule has 0 radical (unpaired) electrons. The van der Waals surface area contributed by atoms with Crippen LogP contribution >= 0.6 is 0 Å². The zero-order valence-electron chi connectivity index (χ0n) is 12.7. The number of hydrogen-bond donors (Lipinski definition) is 0. The molecule has 1 aliphatic rings. The summed E-state index contributed by atoms with van der Waals surface area (Å²) < 4.78 is 35.3. The predicted octanol–water partition coefficient (Wildman–Crippen LogP) is 4.06. The summed E-state index contributed by atoms with van der Waals surface area (Å²) in [4.78, 5) is 12.7. The van der Waals surface area contributed by atoms with Crippen molar-refractivity contribution in [1.82, 2.24) is 0 Å². The molecule has 1 fully saturated rings. The second-order valence-electron chi connectivity index (χ2n) is 6.46. The van der Waals surface area contributed by atoms with Gasteiger partial charge in [-0.25, -0.2) is 0 Å². The number of benzene rings is 1. The zero-order valence-corrected chi connectivity index (χ0v) is 12.7. The number of Topliss-reactive ketones (excluding diaryl/α,β-unsaturated/α-hetero) is 1. The molecule has 0 aromatic heterocycles. The van der Waals surface area contributed by atoms with E-state index in [-0.39, 0.29) is 17.1 Å². The quantitative estimate of drug-likeness (QED) is 0.786. The van der Waals surface area contributed by atoms with Gasteiger partial charge in [-0.1, -0.05) is 12.1 Å². The number of hydrogen-bond acceptors (Lipinski definition) is 3. The van der Waals surface area contributed by atoms with E-state index in [1.807, 2.05) is 27.7 Å². The lowest BCUT2D eigenvalue weighted by molar-refractivity contribution is -0.0713. The van der Waals surface area contributed by atoms with Gasteiger partial charge in [-0.15, -0.1) is 0 Å². The van der Waals surface area contributed by atoms with E-state index in [9.17, 15) is 13.6 Å². The Labute approximate surface area is 123 Å². The first kappa shape index (κ1) is 15.9. The molecule has 3 nitrogen and oxygen atoms in total. The van der Waals surface area contributed by atoms with E-state index in [2.05, 4.69) is 4.74 Å². The van der Waals surface area contributed by atoms with E-state index in [1.165, 1.54) is 12.1 Å². The summed E-state index contributed by atoms with van der Waals surface area (Å²) in [5, 5.41) is 0. The lowest BCUT2D eigenvalue weighted by atomic mass is 9.81. The molecule has 0 bridgehead atoms. The van der Waals surface area contributed by atoms with Gasteiger partial charge in [-0.05, 0) is 46.2 Å². The van der Waals surface area contributed by atoms with Crippen LogP contribution in [0.5, 0.6) is 5.75 Å². The van der Waals surface area contributed by atoms with Crippen LogP contribution in [0.1, 0.15) is 44.5 Å². The summed E-state index contributed by atoms with van der Waals surface area (Å²) >= 11 is 0. The summed E-state index contributed by atoms with van der Waals surface area (Å²) in [7, 11) is 0. The van der Waals surface area contributed by atoms with Gasteiger partial charge >= 0.3 is 6.61 Å². The highest BCUT2D eigenvalue weighted by molar-refractivity contribution is 6.01. The van der Waals surface area contributed by atoms with Gasteiger partial charge in [0, 0.05) is 0 Å². The summed E-state index contributed by atoms with van der Waals surface area (Å²) in [6, 6.07) is 6.10. The summed E-state index contributed by atoms with van der Waals surface area (Å²) in [5.41, 5.74) is -0.877. The Bertz CT molecular complexity index is 538. The number of ketones is 1. The Balaban J connectivity index is 2.33. The van der Waals surface area contributed by atoms with E-state index in [4.69, 9.17) is 4.74 Å². The Morgan fingerprint density at radius 3 is 2.43 bits per heavy atom. The molecule has 0 N–H and O–H groups in total. The summed E-state index contributed by atoms with van der Waals surface area (Å²) in [6.45, 7) is 4.58. The number of alkyl halides is 2. The second kappa shape index (κ2) is 5.37. The van der Waals surface area contributed by atoms with Crippen molar-refractivity contribution in [3.63, 3.8) is 0 Å². The molecule has 2 rings (SSSR count). The van der Waals surface area contributed by atoms with Crippen LogP contribution in [0.4, 0.5) is 8.78 Å². The largest absolute Gasteiger partial charge is 0.434 e. The standard InChI is InChI=1S/C16H20F2O3/c1-15(2)9-11(16(3,4)21-15)13(19)10-7-5-6-8-12(10)20-14(17)18/h5-8,11,14H,9H2,1-4H3. The van der Waals surface area contributed by atoms with Crippen molar-refractivity contribution in [2.24, 2.45) is 5.92 Å². The third-order valence-electron chi connectivity index (χ3n) is 3.76. The van der Waals surface area contributed by atoms with Crippen LogP contribution in [0, 0.1) is 5.92 Å². The van der Waals surface area contributed by atoms with Gasteiger partial charge in [0.25, 0.3) is 0 Å². The highest BCUT2D eigenvalue weighted by Gasteiger charge is 2.49. The summed E-state index contributed by atoms with van der Waals surface area (Å²) in [6.07, 6.45) is 0.543. The Morgan fingerprint density at radius 1 is 1.29 bits per heavy atom. The molecule has 21 heavy (non-hydrogen) atoms. The van der Waals surface area contributed by atoms with Gasteiger partial charge < -0.3 is 9.47 Å². The van der Waals surface area contributed by atoms with Crippen LogP contribution in [0.3, 0.4) is 0 Å².